The second-order valence-electron chi connectivity index (χ2n) is 9.35. The first-order valence-electron chi connectivity index (χ1n) is 10.7. The van der Waals surface area contributed by atoms with E-state index in [2.05, 4.69) is 34.6 Å². The summed E-state index contributed by atoms with van der Waals surface area (Å²) in [5.74, 6) is 4.19. The van der Waals surface area contributed by atoms with E-state index in [0.717, 1.165) is 29.0 Å². The van der Waals surface area contributed by atoms with Gasteiger partial charge in [-0.1, -0.05) is 34.6 Å². The third kappa shape index (κ3) is 5.53. The maximum atomic E-state index is 6.17. The monoisotopic (exact) mass is 446 g/mol. The summed E-state index contributed by atoms with van der Waals surface area (Å²) in [5, 5.41) is 0. The molecule has 2 aromatic rings. The van der Waals surface area contributed by atoms with Gasteiger partial charge in [0, 0.05) is 23.3 Å². The minimum absolute atomic E-state index is 0.0822. The van der Waals surface area contributed by atoms with Crippen LogP contribution in [0.2, 0.25) is 0 Å². The Morgan fingerprint density at radius 2 is 1.22 bits per heavy atom. The predicted molar refractivity (Wildman–Crippen MR) is 127 cm³/mol. The molecule has 2 rings (SSSR count). The number of ether oxygens (including phenoxy) is 6. The topological polar surface area (TPSA) is 55.4 Å². The quantitative estimate of drug-likeness (QED) is 0.462. The highest BCUT2D eigenvalue weighted by atomic mass is 16.5. The lowest BCUT2D eigenvalue weighted by molar-refractivity contribution is 0.253. The molecule has 0 unspecified atom stereocenters. The molecule has 2 aromatic carbocycles. The molecule has 0 radical (unpaired) electrons. The van der Waals surface area contributed by atoms with Crippen molar-refractivity contribution in [2.24, 2.45) is 0 Å². The van der Waals surface area contributed by atoms with E-state index in [-0.39, 0.29) is 10.8 Å². The van der Waals surface area contributed by atoms with Gasteiger partial charge in [-0.2, -0.15) is 0 Å². The minimum atomic E-state index is -0.268. The third-order valence-electron chi connectivity index (χ3n) is 5.70. The van der Waals surface area contributed by atoms with Gasteiger partial charge in [-0.25, -0.2) is 0 Å². The number of hydrogen-bond acceptors (Lipinski definition) is 6. The lowest BCUT2D eigenvalue weighted by Gasteiger charge is -2.29. The van der Waals surface area contributed by atoms with Crippen molar-refractivity contribution in [1.82, 2.24) is 0 Å². The molecular formula is C26H38O6. The van der Waals surface area contributed by atoms with E-state index in [1.54, 1.807) is 35.5 Å². The second kappa shape index (κ2) is 10.2. The lowest BCUT2D eigenvalue weighted by atomic mass is 9.81. The summed E-state index contributed by atoms with van der Waals surface area (Å²) in [6.45, 7) is 11.2. The molecule has 0 saturated carbocycles. The van der Waals surface area contributed by atoms with Gasteiger partial charge in [-0.15, -0.1) is 0 Å². The zero-order valence-corrected chi connectivity index (χ0v) is 21.2. The van der Waals surface area contributed by atoms with Crippen LogP contribution in [0.5, 0.6) is 34.5 Å². The van der Waals surface area contributed by atoms with Gasteiger partial charge in [0.15, 0.2) is 23.0 Å². The molecule has 0 aliphatic carbocycles. The van der Waals surface area contributed by atoms with Gasteiger partial charge in [0.05, 0.1) is 42.2 Å². The average Bonchev–Trinajstić information content (AvgIpc) is 2.76. The fourth-order valence-corrected chi connectivity index (χ4v) is 3.68. The zero-order chi connectivity index (χ0) is 24.1. The standard InChI is InChI=1S/C26H38O6/c1-25(2,3)18-15-21(29-8)22(16-20(18)28-7)32-12-11-26(4,5)19-13-17(27-6)14-23(30-9)24(19)31-10/h13-16H,11-12H2,1-10H3. The fourth-order valence-electron chi connectivity index (χ4n) is 3.68. The van der Waals surface area contributed by atoms with Crippen LogP contribution in [0, 0.1) is 0 Å². The molecule has 0 heterocycles. The summed E-state index contributed by atoms with van der Waals surface area (Å²) in [6, 6.07) is 7.71. The smallest absolute Gasteiger partial charge is 0.164 e. The van der Waals surface area contributed by atoms with Crippen LogP contribution in [0.3, 0.4) is 0 Å². The van der Waals surface area contributed by atoms with E-state index in [0.29, 0.717) is 29.6 Å². The number of rotatable bonds is 10. The van der Waals surface area contributed by atoms with Crippen molar-refractivity contribution < 1.29 is 28.4 Å². The molecular weight excluding hydrogens is 408 g/mol. The van der Waals surface area contributed by atoms with Crippen LogP contribution in [-0.4, -0.2) is 42.2 Å². The Balaban J connectivity index is 2.30. The number of benzene rings is 2. The normalized spacial score (nSPS) is 11.7. The van der Waals surface area contributed by atoms with Crippen molar-refractivity contribution >= 4 is 0 Å². The Morgan fingerprint density at radius 3 is 1.72 bits per heavy atom. The van der Waals surface area contributed by atoms with Crippen molar-refractivity contribution in [3.8, 4) is 34.5 Å². The van der Waals surface area contributed by atoms with Gasteiger partial charge < -0.3 is 28.4 Å². The van der Waals surface area contributed by atoms with E-state index >= 15 is 0 Å². The van der Waals surface area contributed by atoms with Crippen LogP contribution >= 0.6 is 0 Å². The average molecular weight is 447 g/mol. The first-order valence-corrected chi connectivity index (χ1v) is 10.7. The summed E-state index contributed by atoms with van der Waals surface area (Å²) in [5.41, 5.74) is 1.71. The summed E-state index contributed by atoms with van der Waals surface area (Å²) < 4.78 is 34.1. The van der Waals surface area contributed by atoms with Gasteiger partial charge in [-0.3, -0.25) is 0 Å². The van der Waals surface area contributed by atoms with Gasteiger partial charge in [0.2, 0.25) is 0 Å². The predicted octanol–water partition coefficient (Wildman–Crippen LogP) is 5.77. The van der Waals surface area contributed by atoms with Crippen LogP contribution < -0.4 is 28.4 Å². The van der Waals surface area contributed by atoms with Crippen LogP contribution in [0.15, 0.2) is 24.3 Å². The van der Waals surface area contributed by atoms with Crippen LogP contribution in [-0.2, 0) is 10.8 Å². The maximum absolute atomic E-state index is 6.17. The number of hydrogen-bond donors (Lipinski definition) is 0. The van der Waals surface area contributed by atoms with E-state index in [1.165, 1.54) is 0 Å². The van der Waals surface area contributed by atoms with Gasteiger partial charge >= 0.3 is 0 Å². The fraction of sp³-hybridized carbons (Fsp3) is 0.538. The molecule has 0 N–H and O–H groups in total. The molecule has 0 atom stereocenters. The maximum Gasteiger partial charge on any atom is 0.164 e. The van der Waals surface area contributed by atoms with Crippen LogP contribution in [0.1, 0.15) is 52.2 Å². The van der Waals surface area contributed by atoms with E-state index in [1.807, 2.05) is 24.3 Å². The molecule has 0 aliphatic heterocycles. The Labute approximate surface area is 192 Å². The van der Waals surface area contributed by atoms with Crippen molar-refractivity contribution in [3.05, 3.63) is 35.4 Å². The van der Waals surface area contributed by atoms with Gasteiger partial charge in [-0.05, 0) is 29.4 Å². The highest BCUT2D eigenvalue weighted by Crippen LogP contribution is 2.44. The van der Waals surface area contributed by atoms with Gasteiger partial charge in [0.1, 0.15) is 11.5 Å². The molecule has 0 fully saturated rings. The Bertz CT molecular complexity index is 912. The second-order valence-corrected chi connectivity index (χ2v) is 9.35. The van der Waals surface area contributed by atoms with E-state index in [9.17, 15) is 0 Å². The molecule has 32 heavy (non-hydrogen) atoms. The first kappa shape index (κ1) is 25.5. The molecule has 0 spiro atoms. The molecule has 0 aromatic heterocycles. The summed E-state index contributed by atoms with van der Waals surface area (Å²) in [6.07, 6.45) is 0.728. The van der Waals surface area contributed by atoms with Gasteiger partial charge in [0.25, 0.3) is 0 Å². The van der Waals surface area contributed by atoms with Crippen molar-refractivity contribution in [2.75, 3.05) is 42.2 Å². The minimum Gasteiger partial charge on any atom is -0.497 e. The Morgan fingerprint density at radius 1 is 0.594 bits per heavy atom. The van der Waals surface area contributed by atoms with E-state index < -0.39 is 0 Å². The van der Waals surface area contributed by atoms with Crippen molar-refractivity contribution in [2.45, 2.75) is 51.9 Å². The van der Waals surface area contributed by atoms with Crippen molar-refractivity contribution in [3.63, 3.8) is 0 Å². The highest BCUT2D eigenvalue weighted by Gasteiger charge is 2.28. The van der Waals surface area contributed by atoms with Crippen LogP contribution in [0.25, 0.3) is 0 Å². The summed E-state index contributed by atoms with van der Waals surface area (Å²) in [7, 11) is 8.24. The van der Waals surface area contributed by atoms with Crippen molar-refractivity contribution in [1.29, 1.82) is 0 Å². The molecule has 6 nitrogen and oxygen atoms in total. The molecule has 0 aliphatic rings. The highest BCUT2D eigenvalue weighted by molar-refractivity contribution is 5.55. The lowest BCUT2D eigenvalue weighted by Crippen LogP contribution is -2.22. The summed E-state index contributed by atoms with van der Waals surface area (Å²) >= 11 is 0. The molecule has 178 valence electrons. The molecule has 0 amide bonds. The largest absolute Gasteiger partial charge is 0.497 e. The van der Waals surface area contributed by atoms with E-state index in [4.69, 9.17) is 28.4 Å². The Hall–Kier alpha value is -2.76. The molecule has 0 saturated heterocycles. The third-order valence-corrected chi connectivity index (χ3v) is 5.70. The SMILES string of the molecule is COc1cc(OC)c(OC)c(C(C)(C)CCOc2cc(OC)c(C(C)(C)C)cc2OC)c1. The number of methoxy groups -OCH3 is 5. The molecule has 0 bridgehead atoms. The Kier molecular flexibility index (Phi) is 8.16. The van der Waals surface area contributed by atoms with Crippen LogP contribution in [0.4, 0.5) is 0 Å². The summed E-state index contributed by atoms with van der Waals surface area (Å²) in [4.78, 5) is 0. The first-order chi connectivity index (χ1) is 15.0. The molecule has 6 heteroatoms. The zero-order valence-electron chi connectivity index (χ0n) is 21.2.